The van der Waals surface area contributed by atoms with E-state index in [4.69, 9.17) is 16.4 Å². The standard InChI is InChI=1S/C6H7ClN2OS/c1-11(8,10)5-2-3-6(7)9-4-5/h2-4,8H,1H3/t11-/m0/s1. The summed E-state index contributed by atoms with van der Waals surface area (Å²) in [4.78, 5) is 4.12. The number of rotatable bonds is 1. The third-order valence-electron chi connectivity index (χ3n) is 1.15. The van der Waals surface area contributed by atoms with Gasteiger partial charge < -0.3 is 0 Å². The van der Waals surface area contributed by atoms with Gasteiger partial charge in [0.1, 0.15) is 5.15 Å². The highest BCUT2D eigenvalue weighted by Crippen LogP contribution is 2.10. The van der Waals surface area contributed by atoms with Gasteiger partial charge in [0, 0.05) is 12.5 Å². The van der Waals surface area contributed by atoms with Gasteiger partial charge in [0.2, 0.25) is 0 Å². The van der Waals surface area contributed by atoms with Gasteiger partial charge in [-0.3, -0.25) is 0 Å². The lowest BCUT2D eigenvalue weighted by atomic mass is 10.5. The fourth-order valence-corrected chi connectivity index (χ4v) is 1.29. The van der Waals surface area contributed by atoms with Crippen LogP contribution in [-0.4, -0.2) is 15.4 Å². The van der Waals surface area contributed by atoms with Crippen molar-refractivity contribution in [2.45, 2.75) is 4.90 Å². The molecule has 0 fully saturated rings. The largest absolute Gasteiger partial charge is 0.249 e. The first-order chi connectivity index (χ1) is 5.00. The summed E-state index contributed by atoms with van der Waals surface area (Å²) in [5, 5.41) is 0.345. The van der Waals surface area contributed by atoms with Crippen LogP contribution in [0.15, 0.2) is 23.2 Å². The SMILES string of the molecule is C[S@](=N)(=O)c1ccc(Cl)nc1. The average molecular weight is 191 g/mol. The van der Waals surface area contributed by atoms with Gasteiger partial charge >= 0.3 is 0 Å². The zero-order valence-corrected chi connectivity index (χ0v) is 7.45. The molecule has 0 saturated heterocycles. The second kappa shape index (κ2) is 2.79. The Morgan fingerprint density at radius 2 is 2.27 bits per heavy atom. The van der Waals surface area contributed by atoms with Gasteiger partial charge in [0.25, 0.3) is 0 Å². The van der Waals surface area contributed by atoms with Crippen molar-refractivity contribution in [1.29, 1.82) is 4.78 Å². The summed E-state index contributed by atoms with van der Waals surface area (Å²) in [7, 11) is -2.64. The molecule has 0 radical (unpaired) electrons. The summed E-state index contributed by atoms with van der Waals surface area (Å²) in [6.07, 6.45) is 2.70. The van der Waals surface area contributed by atoms with Crippen LogP contribution in [0, 0.1) is 4.78 Å². The van der Waals surface area contributed by atoms with Crippen LogP contribution in [-0.2, 0) is 9.73 Å². The molecule has 1 rings (SSSR count). The third kappa shape index (κ3) is 2.17. The first kappa shape index (κ1) is 8.49. The van der Waals surface area contributed by atoms with Crippen molar-refractivity contribution in [1.82, 2.24) is 4.98 Å². The summed E-state index contributed by atoms with van der Waals surface area (Å²) in [5.41, 5.74) is 0. The van der Waals surface area contributed by atoms with Gasteiger partial charge in [-0.25, -0.2) is 14.0 Å². The Bertz CT molecular complexity index is 343. The highest BCUT2D eigenvalue weighted by molar-refractivity contribution is 7.91. The van der Waals surface area contributed by atoms with Crippen molar-refractivity contribution in [2.24, 2.45) is 0 Å². The molecule has 5 heteroatoms. The van der Waals surface area contributed by atoms with E-state index in [0.717, 1.165) is 0 Å². The fraction of sp³-hybridized carbons (Fsp3) is 0.167. The molecular weight excluding hydrogens is 184 g/mol. The van der Waals surface area contributed by atoms with Crippen LogP contribution >= 0.6 is 11.6 Å². The van der Waals surface area contributed by atoms with Crippen LogP contribution in [0.4, 0.5) is 0 Å². The topological polar surface area (TPSA) is 53.8 Å². The van der Waals surface area contributed by atoms with E-state index < -0.39 is 9.73 Å². The number of halogens is 1. The molecule has 3 nitrogen and oxygen atoms in total. The Morgan fingerprint density at radius 1 is 1.64 bits per heavy atom. The second-order valence-corrected chi connectivity index (χ2v) is 4.71. The number of hydrogen-bond acceptors (Lipinski definition) is 3. The molecule has 0 aliphatic rings. The van der Waals surface area contributed by atoms with Crippen LogP contribution in [0.25, 0.3) is 0 Å². The molecule has 1 atom stereocenters. The highest BCUT2D eigenvalue weighted by Gasteiger charge is 2.01. The van der Waals surface area contributed by atoms with E-state index in [2.05, 4.69) is 4.98 Å². The Morgan fingerprint density at radius 3 is 2.64 bits per heavy atom. The van der Waals surface area contributed by atoms with Crippen molar-refractivity contribution < 1.29 is 4.21 Å². The first-order valence-electron chi connectivity index (χ1n) is 2.85. The summed E-state index contributed by atoms with van der Waals surface area (Å²) in [5.74, 6) is 0. The molecule has 0 aromatic carbocycles. The van der Waals surface area contributed by atoms with Crippen LogP contribution in [0.5, 0.6) is 0 Å². The van der Waals surface area contributed by atoms with Crippen LogP contribution < -0.4 is 0 Å². The monoisotopic (exact) mass is 190 g/mol. The fourth-order valence-electron chi connectivity index (χ4n) is 0.593. The minimum Gasteiger partial charge on any atom is -0.249 e. The van der Waals surface area contributed by atoms with E-state index in [9.17, 15) is 4.21 Å². The van der Waals surface area contributed by atoms with E-state index in [0.29, 0.717) is 10.0 Å². The molecule has 11 heavy (non-hydrogen) atoms. The van der Waals surface area contributed by atoms with Crippen molar-refractivity contribution in [2.75, 3.05) is 6.26 Å². The number of nitrogens with one attached hydrogen (secondary N) is 1. The molecule has 0 unspecified atom stereocenters. The maximum atomic E-state index is 11.1. The van der Waals surface area contributed by atoms with E-state index in [1.165, 1.54) is 18.5 Å². The van der Waals surface area contributed by atoms with Crippen LogP contribution in [0.1, 0.15) is 0 Å². The maximum Gasteiger partial charge on any atom is 0.129 e. The van der Waals surface area contributed by atoms with Crippen LogP contribution in [0.2, 0.25) is 5.15 Å². The van der Waals surface area contributed by atoms with Gasteiger partial charge in [0.15, 0.2) is 0 Å². The summed E-state index contributed by atoms with van der Waals surface area (Å²) in [6, 6.07) is 3.07. The zero-order chi connectivity index (χ0) is 8.48. The minimum absolute atomic E-state index is 0.345. The lowest BCUT2D eigenvalue weighted by molar-refractivity contribution is 0.678. The molecule has 1 N–H and O–H groups in total. The molecule has 1 heterocycles. The lowest BCUT2D eigenvalue weighted by Gasteiger charge is -1.98. The van der Waals surface area contributed by atoms with E-state index in [-0.39, 0.29) is 0 Å². The number of nitrogens with zero attached hydrogens (tertiary/aromatic N) is 1. The van der Waals surface area contributed by atoms with Gasteiger partial charge in [-0.05, 0) is 12.1 Å². The number of aromatic nitrogens is 1. The second-order valence-electron chi connectivity index (χ2n) is 2.16. The summed E-state index contributed by atoms with van der Waals surface area (Å²) in [6.45, 7) is 0. The van der Waals surface area contributed by atoms with Crippen molar-refractivity contribution >= 4 is 21.3 Å². The molecule has 0 saturated carbocycles. The smallest absolute Gasteiger partial charge is 0.129 e. The molecule has 0 aliphatic carbocycles. The van der Waals surface area contributed by atoms with Gasteiger partial charge in [-0.15, -0.1) is 0 Å². The Hall–Kier alpha value is -0.610. The normalized spacial score (nSPS) is 15.8. The van der Waals surface area contributed by atoms with Crippen molar-refractivity contribution in [3.63, 3.8) is 0 Å². The van der Waals surface area contributed by atoms with E-state index in [1.54, 1.807) is 6.07 Å². The predicted octanol–water partition coefficient (Wildman–Crippen LogP) is 1.77. The number of pyridine rings is 1. The van der Waals surface area contributed by atoms with Gasteiger partial charge in [0.05, 0.1) is 14.6 Å². The minimum atomic E-state index is -2.64. The summed E-state index contributed by atoms with van der Waals surface area (Å²) < 4.78 is 18.3. The van der Waals surface area contributed by atoms with E-state index >= 15 is 0 Å². The quantitative estimate of drug-likeness (QED) is 0.687. The highest BCUT2D eigenvalue weighted by atomic mass is 35.5. The molecule has 60 valence electrons. The van der Waals surface area contributed by atoms with E-state index in [1.807, 2.05) is 0 Å². The predicted molar refractivity (Wildman–Crippen MR) is 44.3 cm³/mol. The maximum absolute atomic E-state index is 11.1. The average Bonchev–Trinajstić information content (AvgIpc) is 1.86. The molecule has 0 bridgehead atoms. The molecule has 0 aliphatic heterocycles. The van der Waals surface area contributed by atoms with Crippen molar-refractivity contribution in [3.05, 3.63) is 23.5 Å². The van der Waals surface area contributed by atoms with Crippen LogP contribution in [0.3, 0.4) is 0 Å². The Labute approximate surface area is 70.4 Å². The van der Waals surface area contributed by atoms with Gasteiger partial charge in [-0.2, -0.15) is 0 Å². The number of hydrogen-bond donors (Lipinski definition) is 1. The molecule has 1 aromatic rings. The Kier molecular flexibility index (Phi) is 2.15. The summed E-state index contributed by atoms with van der Waals surface area (Å²) >= 11 is 5.50. The first-order valence-corrected chi connectivity index (χ1v) is 5.20. The third-order valence-corrected chi connectivity index (χ3v) is 2.51. The molecular formula is C6H7ClN2OS. The van der Waals surface area contributed by atoms with Gasteiger partial charge in [-0.1, -0.05) is 11.6 Å². The molecule has 0 spiro atoms. The Balaban J connectivity index is 3.20. The molecule has 0 amide bonds. The van der Waals surface area contributed by atoms with Crippen molar-refractivity contribution in [3.8, 4) is 0 Å². The zero-order valence-electron chi connectivity index (χ0n) is 5.87. The molecule has 1 aromatic heterocycles. The lowest BCUT2D eigenvalue weighted by Crippen LogP contribution is -1.94.